The number of nitrogens with one attached hydrogen (secondary N) is 1. The number of carbonyl (C=O) groups is 1. The van der Waals surface area contributed by atoms with E-state index in [0.29, 0.717) is 42.4 Å². The third-order valence-electron chi connectivity index (χ3n) is 6.68. The lowest BCUT2D eigenvalue weighted by atomic mass is 10.0. The number of amides is 1. The first-order valence-corrected chi connectivity index (χ1v) is 13.1. The molecule has 2 heterocycles. The van der Waals surface area contributed by atoms with Crippen LogP contribution in [0.5, 0.6) is 11.5 Å². The van der Waals surface area contributed by atoms with Gasteiger partial charge >= 0.3 is 0 Å². The van der Waals surface area contributed by atoms with Crippen molar-refractivity contribution in [1.29, 1.82) is 5.41 Å². The van der Waals surface area contributed by atoms with E-state index >= 15 is 0 Å². The number of carbonyl (C=O) groups excluding carboxylic acids is 1. The van der Waals surface area contributed by atoms with Crippen molar-refractivity contribution >= 4 is 23.7 Å². The number of aliphatic imine (C=N–C) groups is 1. The van der Waals surface area contributed by atoms with Gasteiger partial charge in [0.15, 0.2) is 5.82 Å². The third kappa shape index (κ3) is 6.26. The molecule has 198 valence electrons. The minimum absolute atomic E-state index is 0.0400. The zero-order chi connectivity index (χ0) is 27.1. The second-order valence-corrected chi connectivity index (χ2v) is 9.58. The molecule has 2 aromatic carbocycles. The van der Waals surface area contributed by atoms with Gasteiger partial charge in [0.1, 0.15) is 17.2 Å². The van der Waals surface area contributed by atoms with Crippen molar-refractivity contribution < 1.29 is 9.53 Å². The summed E-state index contributed by atoms with van der Waals surface area (Å²) in [6.07, 6.45) is 6.86. The maximum absolute atomic E-state index is 12.6. The highest BCUT2D eigenvalue weighted by atomic mass is 16.5. The number of ether oxygens (including phenoxy) is 1. The lowest BCUT2D eigenvalue weighted by Crippen LogP contribution is -2.27. The minimum Gasteiger partial charge on any atom is -0.457 e. The lowest BCUT2D eigenvalue weighted by molar-refractivity contribution is -0.125. The van der Waals surface area contributed by atoms with Gasteiger partial charge in [0.05, 0.1) is 11.6 Å². The SMILES string of the molecule is CCC(C)C=Nc1c(C(C)=N)c(-c2ccc(Oc3ccccc3)cc2)nn1C1CCN(C(=O)C=CCN)C1. The first-order chi connectivity index (χ1) is 18.4. The molecule has 4 rings (SSSR count). The average Bonchev–Trinajstić information content (AvgIpc) is 3.57. The van der Waals surface area contributed by atoms with E-state index in [9.17, 15) is 4.79 Å². The van der Waals surface area contributed by atoms with E-state index in [1.54, 1.807) is 13.0 Å². The molecule has 0 saturated carbocycles. The Morgan fingerprint density at radius 3 is 2.58 bits per heavy atom. The molecular weight excluding hydrogens is 476 g/mol. The van der Waals surface area contributed by atoms with E-state index < -0.39 is 0 Å². The number of rotatable bonds is 10. The van der Waals surface area contributed by atoms with E-state index in [2.05, 4.69) is 13.8 Å². The topological polar surface area (TPSA) is 110 Å². The monoisotopic (exact) mass is 512 g/mol. The largest absolute Gasteiger partial charge is 0.457 e. The summed E-state index contributed by atoms with van der Waals surface area (Å²) in [5.41, 5.74) is 8.19. The van der Waals surface area contributed by atoms with Crippen LogP contribution in [0.2, 0.25) is 0 Å². The molecule has 1 aliphatic rings. The van der Waals surface area contributed by atoms with Gasteiger partial charge in [-0.05, 0) is 62.1 Å². The molecule has 1 aliphatic heterocycles. The van der Waals surface area contributed by atoms with Crippen LogP contribution in [0.25, 0.3) is 11.3 Å². The van der Waals surface area contributed by atoms with Gasteiger partial charge < -0.3 is 20.8 Å². The van der Waals surface area contributed by atoms with Gasteiger partial charge in [-0.25, -0.2) is 9.67 Å². The van der Waals surface area contributed by atoms with Crippen LogP contribution in [0, 0.1) is 11.3 Å². The molecule has 8 heteroatoms. The van der Waals surface area contributed by atoms with E-state index in [0.717, 1.165) is 29.9 Å². The summed E-state index contributed by atoms with van der Waals surface area (Å²) in [6, 6.07) is 17.3. The molecule has 0 aliphatic carbocycles. The lowest BCUT2D eigenvalue weighted by Gasteiger charge is -2.16. The molecule has 0 radical (unpaired) electrons. The van der Waals surface area contributed by atoms with Gasteiger partial charge in [-0.1, -0.05) is 38.1 Å². The number of benzene rings is 2. The van der Waals surface area contributed by atoms with Gasteiger partial charge in [-0.3, -0.25) is 4.79 Å². The molecule has 1 saturated heterocycles. The van der Waals surface area contributed by atoms with Crippen LogP contribution in [0.1, 0.15) is 45.2 Å². The molecule has 1 fully saturated rings. The molecule has 0 bridgehead atoms. The minimum atomic E-state index is -0.0487. The van der Waals surface area contributed by atoms with Crippen molar-refractivity contribution in [3.05, 3.63) is 72.3 Å². The summed E-state index contributed by atoms with van der Waals surface area (Å²) < 4.78 is 7.87. The van der Waals surface area contributed by atoms with Crippen LogP contribution in [0.4, 0.5) is 5.82 Å². The summed E-state index contributed by atoms with van der Waals surface area (Å²) >= 11 is 0. The average molecular weight is 513 g/mol. The third-order valence-corrected chi connectivity index (χ3v) is 6.68. The number of likely N-dealkylation sites (tertiary alicyclic amines) is 1. The summed E-state index contributed by atoms with van der Waals surface area (Å²) in [6.45, 7) is 7.50. The molecule has 1 aromatic heterocycles. The van der Waals surface area contributed by atoms with Crippen molar-refractivity contribution in [2.75, 3.05) is 19.6 Å². The van der Waals surface area contributed by atoms with Crippen molar-refractivity contribution in [3.8, 4) is 22.8 Å². The second kappa shape index (κ2) is 12.5. The van der Waals surface area contributed by atoms with E-state index in [1.165, 1.54) is 6.08 Å². The molecule has 1 amide bonds. The molecule has 8 nitrogen and oxygen atoms in total. The zero-order valence-corrected chi connectivity index (χ0v) is 22.3. The molecule has 0 spiro atoms. The van der Waals surface area contributed by atoms with Crippen LogP contribution < -0.4 is 10.5 Å². The van der Waals surface area contributed by atoms with Crippen molar-refractivity contribution in [1.82, 2.24) is 14.7 Å². The van der Waals surface area contributed by atoms with Crippen molar-refractivity contribution in [2.24, 2.45) is 16.6 Å². The van der Waals surface area contributed by atoms with Crippen LogP contribution in [0.15, 0.2) is 71.7 Å². The standard InChI is InChI=1S/C30H36N6O2/c1-4-21(2)19-33-30-28(22(3)32)29(23-12-14-26(15-13-23)38-25-9-6-5-7-10-25)34-36(30)24-16-18-35(20-24)27(37)11-8-17-31/h5-15,19,21,24,32H,4,16-18,20,31H2,1-3H3. The summed E-state index contributed by atoms with van der Waals surface area (Å²) in [4.78, 5) is 19.2. The first-order valence-electron chi connectivity index (χ1n) is 13.1. The normalized spacial score (nSPS) is 16.4. The maximum Gasteiger partial charge on any atom is 0.246 e. The quantitative estimate of drug-likeness (QED) is 0.265. The van der Waals surface area contributed by atoms with E-state index in [1.807, 2.05) is 70.4 Å². The molecule has 2 atom stereocenters. The summed E-state index contributed by atoms with van der Waals surface area (Å²) in [5.74, 6) is 2.39. The fraction of sp³-hybridized carbons (Fsp3) is 0.333. The number of hydrogen-bond donors (Lipinski definition) is 2. The van der Waals surface area contributed by atoms with Gasteiger partial charge in [-0.2, -0.15) is 5.10 Å². The van der Waals surface area contributed by atoms with Crippen molar-refractivity contribution in [3.63, 3.8) is 0 Å². The molecule has 3 N–H and O–H groups in total. The highest BCUT2D eigenvalue weighted by Crippen LogP contribution is 2.37. The predicted molar refractivity (Wildman–Crippen MR) is 153 cm³/mol. The summed E-state index contributed by atoms with van der Waals surface area (Å²) in [5, 5.41) is 13.6. The Bertz CT molecular complexity index is 1310. The fourth-order valence-corrected chi connectivity index (χ4v) is 4.38. The first kappa shape index (κ1) is 27.0. The Kier molecular flexibility index (Phi) is 8.86. The number of nitrogens with zero attached hydrogens (tertiary/aromatic N) is 4. The van der Waals surface area contributed by atoms with Gasteiger partial charge in [-0.15, -0.1) is 0 Å². The number of para-hydroxylation sites is 1. The molecule has 2 unspecified atom stereocenters. The second-order valence-electron chi connectivity index (χ2n) is 9.58. The predicted octanol–water partition coefficient (Wildman–Crippen LogP) is 5.77. The van der Waals surface area contributed by atoms with Crippen LogP contribution in [-0.4, -0.2) is 52.1 Å². The van der Waals surface area contributed by atoms with Crippen LogP contribution >= 0.6 is 0 Å². The highest BCUT2D eigenvalue weighted by Gasteiger charge is 2.31. The smallest absolute Gasteiger partial charge is 0.246 e. The molecule has 38 heavy (non-hydrogen) atoms. The number of nitrogens with two attached hydrogens (primary N) is 1. The Morgan fingerprint density at radius 2 is 1.92 bits per heavy atom. The fourth-order valence-electron chi connectivity index (χ4n) is 4.38. The highest BCUT2D eigenvalue weighted by molar-refractivity contribution is 6.06. The number of hydrogen-bond acceptors (Lipinski definition) is 6. The summed E-state index contributed by atoms with van der Waals surface area (Å²) in [7, 11) is 0. The Hall–Kier alpha value is -4.04. The maximum atomic E-state index is 12.6. The Morgan fingerprint density at radius 1 is 1.21 bits per heavy atom. The van der Waals surface area contributed by atoms with Crippen LogP contribution in [0.3, 0.4) is 0 Å². The van der Waals surface area contributed by atoms with E-state index in [4.69, 9.17) is 26.0 Å². The Labute approximate surface area is 224 Å². The van der Waals surface area contributed by atoms with Gasteiger partial charge in [0, 0.05) is 43.2 Å². The molecule has 3 aromatic rings. The van der Waals surface area contributed by atoms with Crippen LogP contribution in [-0.2, 0) is 4.79 Å². The number of aromatic nitrogens is 2. The Balaban J connectivity index is 1.70. The van der Waals surface area contributed by atoms with Gasteiger partial charge in [0.25, 0.3) is 0 Å². The van der Waals surface area contributed by atoms with Crippen molar-refractivity contribution in [2.45, 2.75) is 39.7 Å². The van der Waals surface area contributed by atoms with E-state index in [-0.39, 0.29) is 17.9 Å². The molecular formula is C30H36N6O2. The zero-order valence-electron chi connectivity index (χ0n) is 22.3. The van der Waals surface area contributed by atoms with Gasteiger partial charge in [0.2, 0.25) is 5.91 Å².